The maximum atomic E-state index is 9.99. The van der Waals surface area contributed by atoms with Gasteiger partial charge in [-0.25, -0.2) is 0 Å². The van der Waals surface area contributed by atoms with Crippen molar-refractivity contribution in [2.75, 3.05) is 31.7 Å². The van der Waals surface area contributed by atoms with Crippen LogP contribution in [0.1, 0.15) is 19.3 Å². The molecule has 3 atom stereocenters. The summed E-state index contributed by atoms with van der Waals surface area (Å²) in [5.41, 5.74) is 0.0995. The third-order valence-electron chi connectivity index (χ3n) is 3.56. The van der Waals surface area contributed by atoms with Gasteiger partial charge in [0.25, 0.3) is 0 Å². The molecule has 88 valence electrons. The van der Waals surface area contributed by atoms with Crippen molar-refractivity contribution >= 4 is 11.8 Å². The quantitative estimate of drug-likeness (QED) is 0.756. The maximum Gasteiger partial charge on any atom is 0.0783 e. The first kappa shape index (κ1) is 11.7. The summed E-state index contributed by atoms with van der Waals surface area (Å²) in [6.07, 6.45) is 3.01. The molecule has 0 radical (unpaired) electrons. The monoisotopic (exact) mass is 231 g/mol. The maximum absolute atomic E-state index is 9.99. The van der Waals surface area contributed by atoms with Gasteiger partial charge in [-0.1, -0.05) is 0 Å². The minimum absolute atomic E-state index is 0.0995. The smallest absolute Gasteiger partial charge is 0.0783 e. The number of hydrogen-bond acceptors (Lipinski definition) is 4. The zero-order valence-electron chi connectivity index (χ0n) is 9.37. The molecule has 2 saturated heterocycles. The van der Waals surface area contributed by atoms with Crippen LogP contribution in [0.2, 0.25) is 0 Å². The number of hydrogen-bond donors (Lipinski definition) is 2. The highest BCUT2D eigenvalue weighted by Crippen LogP contribution is 2.41. The molecule has 0 bridgehead atoms. The highest BCUT2D eigenvalue weighted by molar-refractivity contribution is 7.99. The fraction of sp³-hybridized carbons (Fsp3) is 1.00. The van der Waals surface area contributed by atoms with Crippen LogP contribution in [0, 0.1) is 5.92 Å². The van der Waals surface area contributed by atoms with E-state index in [2.05, 4.69) is 5.32 Å². The minimum atomic E-state index is -0.207. The Balaban J connectivity index is 1.91. The van der Waals surface area contributed by atoms with Crippen molar-refractivity contribution in [3.05, 3.63) is 0 Å². The molecule has 4 heteroatoms. The lowest BCUT2D eigenvalue weighted by atomic mass is 9.82. The van der Waals surface area contributed by atoms with Crippen LogP contribution in [0.25, 0.3) is 0 Å². The van der Waals surface area contributed by atoms with Gasteiger partial charge in [-0.3, -0.25) is 0 Å². The van der Waals surface area contributed by atoms with Crippen LogP contribution in [0.15, 0.2) is 0 Å². The van der Waals surface area contributed by atoms with Crippen molar-refractivity contribution in [3.8, 4) is 0 Å². The lowest BCUT2D eigenvalue weighted by Gasteiger charge is -2.39. The van der Waals surface area contributed by atoms with Gasteiger partial charge in [0.1, 0.15) is 0 Å². The molecule has 0 aromatic heterocycles. The standard InChI is InChI=1S/C11H21NO2S/c1-12-7-10(13)9-2-4-14-11(6-9)3-5-15-8-11/h9-10,12-13H,2-8H2,1H3. The van der Waals surface area contributed by atoms with Crippen LogP contribution >= 0.6 is 11.8 Å². The SMILES string of the molecule is CNCC(O)C1CCOC2(CCSC2)C1. The van der Waals surface area contributed by atoms with Gasteiger partial charge >= 0.3 is 0 Å². The first-order valence-corrected chi connectivity index (χ1v) is 6.96. The molecule has 2 aliphatic rings. The minimum Gasteiger partial charge on any atom is -0.392 e. The summed E-state index contributed by atoms with van der Waals surface area (Å²) in [6, 6.07) is 0. The molecule has 2 N–H and O–H groups in total. The number of rotatable bonds is 3. The fourth-order valence-electron chi connectivity index (χ4n) is 2.63. The molecule has 2 aliphatic heterocycles. The van der Waals surface area contributed by atoms with Gasteiger partial charge in [0.15, 0.2) is 0 Å². The highest BCUT2D eigenvalue weighted by Gasteiger charge is 2.41. The van der Waals surface area contributed by atoms with Gasteiger partial charge < -0.3 is 15.2 Å². The average Bonchev–Trinajstić information content (AvgIpc) is 2.67. The number of ether oxygens (including phenoxy) is 1. The van der Waals surface area contributed by atoms with Gasteiger partial charge in [0, 0.05) is 18.9 Å². The predicted octanol–water partition coefficient (Wildman–Crippen LogP) is 0.869. The molecule has 2 rings (SSSR count). The first-order valence-electron chi connectivity index (χ1n) is 5.80. The van der Waals surface area contributed by atoms with Gasteiger partial charge in [-0.2, -0.15) is 11.8 Å². The lowest BCUT2D eigenvalue weighted by molar-refractivity contribution is -0.100. The van der Waals surface area contributed by atoms with Crippen LogP contribution in [0.3, 0.4) is 0 Å². The van der Waals surface area contributed by atoms with E-state index >= 15 is 0 Å². The molecular formula is C11H21NO2S. The molecule has 0 aliphatic carbocycles. The van der Waals surface area contributed by atoms with E-state index in [1.807, 2.05) is 18.8 Å². The molecule has 1 spiro atoms. The normalized spacial score (nSPS) is 38.4. The second-order valence-corrected chi connectivity index (χ2v) is 5.82. The Morgan fingerprint density at radius 1 is 1.67 bits per heavy atom. The summed E-state index contributed by atoms with van der Waals surface area (Å²) < 4.78 is 5.93. The van der Waals surface area contributed by atoms with E-state index in [1.165, 1.54) is 12.2 Å². The zero-order chi connectivity index (χ0) is 10.7. The molecule has 0 aromatic carbocycles. The van der Waals surface area contributed by atoms with Crippen LogP contribution in [-0.4, -0.2) is 48.5 Å². The summed E-state index contributed by atoms with van der Waals surface area (Å²) >= 11 is 1.98. The summed E-state index contributed by atoms with van der Waals surface area (Å²) in [6.45, 7) is 1.53. The number of likely N-dealkylation sites (N-methyl/N-ethyl adjacent to an activating group) is 1. The largest absolute Gasteiger partial charge is 0.392 e. The number of aliphatic hydroxyl groups is 1. The van der Waals surface area contributed by atoms with E-state index in [1.54, 1.807) is 0 Å². The third-order valence-corrected chi connectivity index (χ3v) is 4.78. The Bertz CT molecular complexity index is 207. The van der Waals surface area contributed by atoms with Gasteiger partial charge in [0.05, 0.1) is 11.7 Å². The number of nitrogens with one attached hydrogen (secondary N) is 1. The van der Waals surface area contributed by atoms with Gasteiger partial charge in [-0.05, 0) is 38.0 Å². The molecular weight excluding hydrogens is 210 g/mol. The second kappa shape index (κ2) is 5.04. The lowest BCUT2D eigenvalue weighted by Crippen LogP contribution is -2.45. The van der Waals surface area contributed by atoms with Crippen molar-refractivity contribution in [1.82, 2.24) is 5.32 Å². The number of thioether (sulfide) groups is 1. The second-order valence-electron chi connectivity index (χ2n) is 4.71. The van der Waals surface area contributed by atoms with E-state index in [-0.39, 0.29) is 11.7 Å². The van der Waals surface area contributed by atoms with Crippen LogP contribution in [0.4, 0.5) is 0 Å². The van der Waals surface area contributed by atoms with Crippen molar-refractivity contribution < 1.29 is 9.84 Å². The Morgan fingerprint density at radius 2 is 2.53 bits per heavy atom. The highest BCUT2D eigenvalue weighted by atomic mass is 32.2. The Morgan fingerprint density at radius 3 is 3.20 bits per heavy atom. The van der Waals surface area contributed by atoms with E-state index in [0.29, 0.717) is 12.5 Å². The van der Waals surface area contributed by atoms with E-state index < -0.39 is 0 Å². The summed E-state index contributed by atoms with van der Waals surface area (Å²) in [5.74, 6) is 2.76. The van der Waals surface area contributed by atoms with Crippen molar-refractivity contribution in [2.24, 2.45) is 5.92 Å². The topological polar surface area (TPSA) is 41.5 Å². The fourth-order valence-corrected chi connectivity index (χ4v) is 4.01. The Hall–Kier alpha value is 0.230. The van der Waals surface area contributed by atoms with Gasteiger partial charge in [-0.15, -0.1) is 0 Å². The molecule has 3 nitrogen and oxygen atoms in total. The molecule has 2 heterocycles. The Kier molecular flexibility index (Phi) is 3.93. The molecule has 0 saturated carbocycles. The molecule has 0 aromatic rings. The predicted molar refractivity (Wildman–Crippen MR) is 63.3 cm³/mol. The molecule has 3 unspecified atom stereocenters. The Labute approximate surface area is 96.0 Å². The van der Waals surface area contributed by atoms with Crippen molar-refractivity contribution in [3.63, 3.8) is 0 Å². The van der Waals surface area contributed by atoms with Crippen LogP contribution < -0.4 is 5.32 Å². The van der Waals surface area contributed by atoms with Crippen molar-refractivity contribution in [1.29, 1.82) is 0 Å². The van der Waals surface area contributed by atoms with E-state index in [9.17, 15) is 5.11 Å². The van der Waals surface area contributed by atoms with Crippen LogP contribution in [0.5, 0.6) is 0 Å². The van der Waals surface area contributed by atoms with E-state index in [0.717, 1.165) is 25.2 Å². The zero-order valence-corrected chi connectivity index (χ0v) is 10.2. The molecule has 2 fully saturated rings. The molecule has 0 amide bonds. The van der Waals surface area contributed by atoms with Crippen LogP contribution in [-0.2, 0) is 4.74 Å². The average molecular weight is 231 g/mol. The third kappa shape index (κ3) is 2.67. The first-order chi connectivity index (χ1) is 7.26. The summed E-state index contributed by atoms with van der Waals surface area (Å²) in [7, 11) is 1.89. The summed E-state index contributed by atoms with van der Waals surface area (Å²) in [4.78, 5) is 0. The summed E-state index contributed by atoms with van der Waals surface area (Å²) in [5, 5.41) is 13.0. The van der Waals surface area contributed by atoms with Gasteiger partial charge in [0.2, 0.25) is 0 Å². The molecule has 15 heavy (non-hydrogen) atoms. The van der Waals surface area contributed by atoms with E-state index in [4.69, 9.17) is 4.74 Å². The number of aliphatic hydroxyl groups excluding tert-OH is 1. The van der Waals surface area contributed by atoms with Crippen molar-refractivity contribution in [2.45, 2.75) is 31.0 Å².